The fraction of sp³-hybridized carbons (Fsp3) is 0.581. The highest BCUT2D eigenvalue weighted by Crippen LogP contribution is 2.18. The van der Waals surface area contributed by atoms with E-state index in [2.05, 4.69) is 31.2 Å². The molecule has 1 aromatic heterocycles. The van der Waals surface area contributed by atoms with Gasteiger partial charge in [-0.05, 0) is 56.8 Å². The lowest BCUT2D eigenvalue weighted by atomic mass is 10.1. The quantitative estimate of drug-likeness (QED) is 0.0434. The van der Waals surface area contributed by atoms with E-state index in [1.807, 2.05) is 24.3 Å². The zero-order valence-electron chi connectivity index (χ0n) is 26.2. The van der Waals surface area contributed by atoms with E-state index in [0.717, 1.165) is 80.9 Å². The molecule has 250 valence electrons. The van der Waals surface area contributed by atoms with Crippen molar-refractivity contribution in [3.05, 3.63) is 36.0 Å². The summed E-state index contributed by atoms with van der Waals surface area (Å²) in [6, 6.07) is 6.03. The normalized spacial score (nSPS) is 12.3. The van der Waals surface area contributed by atoms with Crippen LogP contribution in [0, 0.1) is 0 Å². The summed E-state index contributed by atoms with van der Waals surface area (Å²) < 4.78 is 0. The van der Waals surface area contributed by atoms with Gasteiger partial charge in [0, 0.05) is 36.7 Å². The van der Waals surface area contributed by atoms with Crippen LogP contribution in [0.25, 0.3) is 10.9 Å². The van der Waals surface area contributed by atoms with E-state index in [-0.39, 0.29) is 30.6 Å². The molecule has 0 fully saturated rings. The Morgan fingerprint density at radius 2 is 1.40 bits per heavy atom. The number of guanidine groups is 1. The van der Waals surface area contributed by atoms with E-state index in [1.165, 1.54) is 0 Å². The van der Waals surface area contributed by atoms with E-state index < -0.39 is 23.9 Å². The minimum absolute atomic E-state index is 0.00596. The molecule has 0 saturated carbocycles. The summed E-state index contributed by atoms with van der Waals surface area (Å²) in [6.45, 7) is 3.17. The lowest BCUT2D eigenvalue weighted by molar-refractivity contribution is -0.131. The van der Waals surface area contributed by atoms with Gasteiger partial charge >= 0.3 is 0 Å². The molecule has 0 saturated heterocycles. The predicted octanol–water partition coefficient (Wildman–Crippen LogP) is 0.00420. The number of unbranched alkanes of at least 4 members (excludes halogenated alkanes) is 6. The maximum Gasteiger partial charge on any atom is 0.243 e. The number of benzene rings is 1. The molecule has 0 aliphatic heterocycles. The van der Waals surface area contributed by atoms with Gasteiger partial charge in [-0.2, -0.15) is 0 Å². The molecule has 2 aromatic rings. The topological polar surface area (TPSA) is 249 Å². The van der Waals surface area contributed by atoms with E-state index >= 15 is 0 Å². The van der Waals surface area contributed by atoms with Crippen molar-refractivity contribution in [1.82, 2.24) is 26.3 Å². The lowest BCUT2D eigenvalue weighted by Gasteiger charge is -2.17. The average molecular weight is 629 g/mol. The van der Waals surface area contributed by atoms with E-state index in [9.17, 15) is 19.2 Å². The molecular weight excluding hydrogens is 576 g/mol. The van der Waals surface area contributed by atoms with E-state index in [1.54, 1.807) is 6.20 Å². The molecule has 1 heterocycles. The highest BCUT2D eigenvalue weighted by atomic mass is 16.2. The number of carbonyl (C=O) groups is 4. The first-order valence-corrected chi connectivity index (χ1v) is 15.9. The zero-order chi connectivity index (χ0) is 32.9. The third-order valence-electron chi connectivity index (χ3n) is 7.31. The van der Waals surface area contributed by atoms with E-state index in [4.69, 9.17) is 22.9 Å². The molecule has 0 radical (unpaired) electrons. The number of nitrogens with two attached hydrogens (primary N) is 4. The Labute approximate surface area is 265 Å². The minimum Gasteiger partial charge on any atom is -0.370 e. The molecule has 4 amide bonds. The first-order chi connectivity index (χ1) is 21.7. The third-order valence-corrected chi connectivity index (χ3v) is 7.31. The number of aliphatic imine (C=N–C) groups is 1. The molecule has 2 atom stereocenters. The number of amides is 4. The lowest BCUT2D eigenvalue weighted by Crippen LogP contribution is -2.49. The van der Waals surface area contributed by atoms with Crippen LogP contribution in [0.1, 0.15) is 69.8 Å². The molecule has 0 aliphatic carbocycles. The van der Waals surface area contributed by atoms with Gasteiger partial charge in [-0.1, -0.05) is 43.9 Å². The maximum atomic E-state index is 12.7. The SMILES string of the molecule is NC(=O)C[C@H](NC(=O)Cc1c[nH]c2ccccc12)C(=O)NCCCCNCCCCCCCCNC(=O)[C@@H](N)CCN=C(N)N. The van der Waals surface area contributed by atoms with Crippen molar-refractivity contribution in [2.45, 2.75) is 82.7 Å². The molecule has 14 heteroatoms. The standard InChI is InChI=1S/C31H52N10O4/c32-24(13-18-39-31(34)35)29(44)37-16-8-4-2-1-3-7-14-36-15-9-10-17-38-30(45)26(20-27(33)42)41-28(43)19-22-21-40-25-12-6-5-11-23(22)25/h5-6,11-12,21,24,26,36,40H,1-4,7-10,13-20,32H2,(H2,33,42)(H,37,44)(H,38,45)(H,41,43)(H4,34,35,39)/t24-,26-/m0/s1. The van der Waals surface area contributed by atoms with E-state index in [0.29, 0.717) is 26.1 Å². The molecule has 1 aromatic carbocycles. The number of nitrogens with one attached hydrogen (secondary N) is 5. The number of fused-ring (bicyclic) bond motifs is 1. The molecule has 13 N–H and O–H groups in total. The predicted molar refractivity (Wildman–Crippen MR) is 177 cm³/mol. The Kier molecular flexibility index (Phi) is 17.7. The molecule has 0 bridgehead atoms. The Morgan fingerprint density at radius 1 is 0.800 bits per heavy atom. The van der Waals surface area contributed by atoms with Gasteiger partial charge in [0.05, 0.1) is 18.9 Å². The van der Waals surface area contributed by atoms with Crippen molar-refractivity contribution in [2.24, 2.45) is 27.9 Å². The van der Waals surface area contributed by atoms with Crippen LogP contribution >= 0.6 is 0 Å². The van der Waals surface area contributed by atoms with Gasteiger partial charge < -0.3 is 49.2 Å². The summed E-state index contributed by atoms with van der Waals surface area (Å²) in [6.07, 6.45) is 10.1. The monoisotopic (exact) mass is 628 g/mol. The summed E-state index contributed by atoms with van der Waals surface area (Å²) in [5.41, 5.74) is 23.4. The van der Waals surface area contributed by atoms with Crippen molar-refractivity contribution in [3.8, 4) is 0 Å². The van der Waals surface area contributed by atoms with Crippen LogP contribution in [0.2, 0.25) is 0 Å². The Hall–Kier alpha value is -4.17. The second-order valence-electron chi connectivity index (χ2n) is 11.2. The fourth-order valence-corrected chi connectivity index (χ4v) is 4.83. The third kappa shape index (κ3) is 15.9. The van der Waals surface area contributed by atoms with Gasteiger partial charge in [-0.25, -0.2) is 0 Å². The second-order valence-corrected chi connectivity index (χ2v) is 11.2. The van der Waals surface area contributed by atoms with Crippen molar-refractivity contribution in [2.75, 3.05) is 32.7 Å². The number of aromatic amines is 1. The van der Waals surface area contributed by atoms with Crippen LogP contribution in [0.15, 0.2) is 35.5 Å². The van der Waals surface area contributed by atoms with Crippen molar-refractivity contribution < 1.29 is 19.2 Å². The molecule has 0 aliphatic rings. The molecular formula is C31H52N10O4. The number of hydrogen-bond donors (Lipinski definition) is 9. The largest absolute Gasteiger partial charge is 0.370 e. The fourth-order valence-electron chi connectivity index (χ4n) is 4.83. The summed E-state index contributed by atoms with van der Waals surface area (Å²) in [5.74, 6) is -1.61. The van der Waals surface area contributed by atoms with Crippen molar-refractivity contribution in [3.63, 3.8) is 0 Å². The molecule has 2 rings (SSSR count). The number of primary amides is 1. The van der Waals surface area contributed by atoms with Gasteiger partial charge in [-0.15, -0.1) is 0 Å². The number of rotatable bonds is 24. The highest BCUT2D eigenvalue weighted by molar-refractivity contribution is 5.94. The molecule has 0 unspecified atom stereocenters. The summed E-state index contributed by atoms with van der Waals surface area (Å²) in [4.78, 5) is 55.7. The molecule has 45 heavy (non-hydrogen) atoms. The number of aromatic nitrogens is 1. The summed E-state index contributed by atoms with van der Waals surface area (Å²) >= 11 is 0. The number of carbonyl (C=O) groups excluding carboxylic acids is 4. The van der Waals surface area contributed by atoms with Crippen LogP contribution in [-0.4, -0.2) is 79.4 Å². The van der Waals surface area contributed by atoms with Gasteiger partial charge in [0.2, 0.25) is 23.6 Å². The minimum atomic E-state index is -1.01. The Bertz CT molecular complexity index is 1230. The molecule has 14 nitrogen and oxygen atoms in total. The number of H-pyrrole nitrogens is 1. The Morgan fingerprint density at radius 3 is 2.09 bits per heavy atom. The van der Waals surface area contributed by atoms with Gasteiger partial charge in [0.15, 0.2) is 5.96 Å². The van der Waals surface area contributed by atoms with Crippen LogP contribution < -0.4 is 44.2 Å². The average Bonchev–Trinajstić information content (AvgIpc) is 3.40. The first kappa shape index (κ1) is 37.0. The second kappa shape index (κ2) is 21.5. The van der Waals surface area contributed by atoms with Crippen LogP contribution in [0.4, 0.5) is 0 Å². The van der Waals surface area contributed by atoms with Gasteiger partial charge in [0.1, 0.15) is 6.04 Å². The highest BCUT2D eigenvalue weighted by Gasteiger charge is 2.23. The summed E-state index contributed by atoms with van der Waals surface area (Å²) in [7, 11) is 0. The van der Waals surface area contributed by atoms with Gasteiger partial charge in [0.25, 0.3) is 0 Å². The number of nitrogens with zero attached hydrogens (tertiary/aromatic N) is 1. The summed E-state index contributed by atoms with van der Waals surface area (Å²) in [5, 5.41) is 12.7. The van der Waals surface area contributed by atoms with Crippen LogP contribution in [0.5, 0.6) is 0 Å². The zero-order valence-corrected chi connectivity index (χ0v) is 26.2. The molecule has 0 spiro atoms. The number of hydrogen-bond acceptors (Lipinski definition) is 7. The van der Waals surface area contributed by atoms with Crippen LogP contribution in [-0.2, 0) is 25.6 Å². The Balaban J connectivity index is 1.46. The van der Waals surface area contributed by atoms with Gasteiger partial charge in [-0.3, -0.25) is 24.2 Å². The van der Waals surface area contributed by atoms with Crippen LogP contribution in [0.3, 0.4) is 0 Å². The number of para-hydroxylation sites is 1. The van der Waals surface area contributed by atoms with Crippen molar-refractivity contribution >= 4 is 40.5 Å². The maximum absolute atomic E-state index is 12.7. The smallest absolute Gasteiger partial charge is 0.243 e. The van der Waals surface area contributed by atoms with Crippen molar-refractivity contribution in [1.29, 1.82) is 0 Å². The first-order valence-electron chi connectivity index (χ1n) is 15.9.